The summed E-state index contributed by atoms with van der Waals surface area (Å²) in [6.07, 6.45) is 1.95. The summed E-state index contributed by atoms with van der Waals surface area (Å²) in [6.45, 7) is 1.91. The Hall–Kier alpha value is -0.880. The van der Waals surface area contributed by atoms with Crippen molar-refractivity contribution >= 4 is 34.7 Å². The lowest BCUT2D eigenvalue weighted by molar-refractivity contribution is 0.568. The molecular weight excluding hydrogens is 274 g/mol. The van der Waals surface area contributed by atoms with Crippen LogP contribution in [0.25, 0.3) is 0 Å². The number of nitrogens with zero attached hydrogens (tertiary/aromatic N) is 1. The molecule has 0 aliphatic rings. The van der Waals surface area contributed by atoms with E-state index in [0.717, 1.165) is 5.75 Å². The zero-order chi connectivity index (χ0) is 13.9. The normalized spacial score (nSPS) is 12.3. The zero-order valence-electron chi connectivity index (χ0n) is 10.5. The van der Waals surface area contributed by atoms with Crippen LogP contribution in [0.15, 0.2) is 12.1 Å². The zero-order valence-corrected chi connectivity index (χ0v) is 12.2. The van der Waals surface area contributed by atoms with Gasteiger partial charge in [0, 0.05) is 24.4 Å². The summed E-state index contributed by atoms with van der Waals surface area (Å²) in [5.41, 5.74) is 5.52. The maximum Gasteiger partial charge on any atom is 0.150 e. The summed E-state index contributed by atoms with van der Waals surface area (Å²) in [5, 5.41) is 0. The predicted molar refractivity (Wildman–Crippen MR) is 78.5 cm³/mol. The molecule has 0 heterocycles. The van der Waals surface area contributed by atoms with Crippen LogP contribution in [0.5, 0.6) is 0 Å². The van der Waals surface area contributed by atoms with Crippen LogP contribution in [-0.4, -0.2) is 30.1 Å². The molecule has 0 aromatic heterocycles. The molecule has 2 N–H and O–H groups in total. The van der Waals surface area contributed by atoms with Crippen LogP contribution >= 0.6 is 24.0 Å². The average molecular weight is 290 g/mol. The van der Waals surface area contributed by atoms with Crippen LogP contribution in [-0.2, 0) is 0 Å². The summed E-state index contributed by atoms with van der Waals surface area (Å²) in [4.78, 5) is 1.57. The number of nitrogens with two attached hydrogens (primary N) is 1. The van der Waals surface area contributed by atoms with Crippen molar-refractivity contribution < 1.29 is 8.78 Å². The number of rotatable bonds is 5. The molecule has 1 aromatic carbocycles. The first-order valence-electron chi connectivity index (χ1n) is 5.39. The fourth-order valence-electron chi connectivity index (χ4n) is 1.62. The summed E-state index contributed by atoms with van der Waals surface area (Å²) < 4.78 is 27.8. The lowest BCUT2D eigenvalue weighted by Gasteiger charge is -2.27. The van der Waals surface area contributed by atoms with Gasteiger partial charge in [0.1, 0.15) is 22.3 Å². The number of hydrogen-bond acceptors (Lipinski definition) is 3. The first-order valence-corrected chi connectivity index (χ1v) is 7.19. The van der Waals surface area contributed by atoms with Gasteiger partial charge < -0.3 is 10.6 Å². The Bertz CT molecular complexity index is 429. The third-order valence-corrected chi connectivity index (χ3v) is 3.77. The van der Waals surface area contributed by atoms with Crippen LogP contribution in [0.1, 0.15) is 12.5 Å². The first-order chi connectivity index (χ1) is 8.38. The van der Waals surface area contributed by atoms with Gasteiger partial charge >= 0.3 is 0 Å². The van der Waals surface area contributed by atoms with Crippen molar-refractivity contribution in [2.45, 2.75) is 13.0 Å². The van der Waals surface area contributed by atoms with Crippen molar-refractivity contribution in [3.63, 3.8) is 0 Å². The Morgan fingerprint density at radius 2 is 1.94 bits per heavy atom. The van der Waals surface area contributed by atoms with Gasteiger partial charge in [0.15, 0.2) is 0 Å². The van der Waals surface area contributed by atoms with Gasteiger partial charge in [0.05, 0.1) is 0 Å². The Balaban J connectivity index is 3.13. The molecule has 0 saturated carbocycles. The second kappa shape index (κ2) is 6.33. The highest BCUT2D eigenvalue weighted by atomic mass is 32.2. The minimum Gasteiger partial charge on any atom is -0.389 e. The molecule has 0 aliphatic heterocycles. The molecule has 1 rings (SSSR count). The van der Waals surface area contributed by atoms with Crippen LogP contribution in [0, 0.1) is 11.6 Å². The van der Waals surface area contributed by atoms with E-state index in [1.54, 1.807) is 23.7 Å². The summed E-state index contributed by atoms with van der Waals surface area (Å²) >= 11 is 6.34. The molecule has 0 fully saturated rings. The number of thiocarbonyl (C=S) groups is 1. The Kier molecular flexibility index (Phi) is 5.34. The topological polar surface area (TPSA) is 29.3 Å². The Morgan fingerprint density at radius 3 is 2.33 bits per heavy atom. The average Bonchev–Trinajstić information content (AvgIpc) is 2.27. The van der Waals surface area contributed by atoms with Crippen molar-refractivity contribution in [3.8, 4) is 0 Å². The van der Waals surface area contributed by atoms with Crippen LogP contribution in [0.2, 0.25) is 0 Å². The van der Waals surface area contributed by atoms with E-state index >= 15 is 0 Å². The van der Waals surface area contributed by atoms with Crippen LogP contribution in [0.4, 0.5) is 14.5 Å². The molecule has 1 atom stereocenters. The third-order valence-electron chi connectivity index (χ3n) is 2.72. The van der Waals surface area contributed by atoms with Crippen molar-refractivity contribution in [1.82, 2.24) is 0 Å². The van der Waals surface area contributed by atoms with Crippen molar-refractivity contribution in [1.29, 1.82) is 0 Å². The largest absolute Gasteiger partial charge is 0.389 e. The van der Waals surface area contributed by atoms with Crippen LogP contribution in [0.3, 0.4) is 0 Å². The molecule has 0 aliphatic carbocycles. The molecule has 100 valence electrons. The molecule has 2 nitrogen and oxygen atoms in total. The van der Waals surface area contributed by atoms with E-state index in [1.165, 1.54) is 12.1 Å². The van der Waals surface area contributed by atoms with E-state index in [4.69, 9.17) is 18.0 Å². The predicted octanol–water partition coefficient (Wildman–Crippen LogP) is 2.79. The molecule has 0 saturated heterocycles. The van der Waals surface area contributed by atoms with Gasteiger partial charge in [-0.05, 0) is 25.3 Å². The summed E-state index contributed by atoms with van der Waals surface area (Å²) in [7, 11) is 1.67. The maximum atomic E-state index is 13.9. The fourth-order valence-corrected chi connectivity index (χ4v) is 2.44. The maximum absolute atomic E-state index is 13.9. The Morgan fingerprint density at radius 1 is 1.44 bits per heavy atom. The monoisotopic (exact) mass is 290 g/mol. The minimum atomic E-state index is -0.645. The number of anilines is 1. The second-order valence-corrected chi connectivity index (χ2v) is 5.42. The number of benzene rings is 1. The van der Waals surface area contributed by atoms with E-state index in [9.17, 15) is 8.78 Å². The van der Waals surface area contributed by atoms with Gasteiger partial charge in [0.2, 0.25) is 0 Å². The molecule has 0 bridgehead atoms. The van der Waals surface area contributed by atoms with E-state index in [1.807, 2.05) is 13.2 Å². The van der Waals surface area contributed by atoms with Crippen molar-refractivity contribution in [2.24, 2.45) is 5.73 Å². The first kappa shape index (κ1) is 15.2. The van der Waals surface area contributed by atoms with Gasteiger partial charge in [-0.1, -0.05) is 12.2 Å². The number of thioether (sulfide) groups is 1. The lowest BCUT2D eigenvalue weighted by Crippen LogP contribution is -2.32. The summed E-state index contributed by atoms with van der Waals surface area (Å²) in [6, 6.07) is 2.37. The van der Waals surface area contributed by atoms with E-state index in [2.05, 4.69) is 0 Å². The molecule has 0 spiro atoms. The third kappa shape index (κ3) is 3.32. The van der Waals surface area contributed by atoms with Crippen LogP contribution < -0.4 is 10.6 Å². The second-order valence-electron chi connectivity index (χ2n) is 4.07. The van der Waals surface area contributed by atoms with Gasteiger partial charge in [0.25, 0.3) is 0 Å². The Labute approximate surface area is 116 Å². The highest BCUT2D eigenvalue weighted by Gasteiger charge is 2.19. The van der Waals surface area contributed by atoms with Gasteiger partial charge in [-0.25, -0.2) is 8.78 Å². The smallest absolute Gasteiger partial charge is 0.150 e. The van der Waals surface area contributed by atoms with E-state index in [0.29, 0.717) is 0 Å². The number of hydrogen-bond donors (Lipinski definition) is 1. The molecule has 1 aromatic rings. The molecule has 0 radical (unpaired) electrons. The molecule has 1 unspecified atom stereocenters. The molecular formula is C12H16F2N2S2. The number of halogens is 2. The van der Waals surface area contributed by atoms with Gasteiger partial charge in [-0.3, -0.25) is 0 Å². The fraction of sp³-hybridized carbons (Fsp3) is 0.417. The molecule has 0 amide bonds. The standard InChI is InChI=1S/C12H16F2N2S2/c1-7(6-18-3)16(2)11-9(13)4-8(12(15)17)5-10(11)14/h4-5,7H,6H2,1-3H3,(H2,15,17). The summed E-state index contributed by atoms with van der Waals surface area (Å²) in [5.74, 6) is -0.506. The quantitative estimate of drug-likeness (QED) is 0.844. The molecule has 6 heteroatoms. The SMILES string of the molecule is CSCC(C)N(C)c1c(F)cc(C(N)=S)cc1F. The highest BCUT2D eigenvalue weighted by Crippen LogP contribution is 2.26. The minimum absolute atomic E-state index is 0.0147. The van der Waals surface area contributed by atoms with E-state index < -0.39 is 11.6 Å². The van der Waals surface area contributed by atoms with Crippen molar-refractivity contribution in [3.05, 3.63) is 29.3 Å². The van der Waals surface area contributed by atoms with Gasteiger partial charge in [-0.15, -0.1) is 0 Å². The lowest BCUT2D eigenvalue weighted by atomic mass is 10.1. The highest BCUT2D eigenvalue weighted by molar-refractivity contribution is 7.98. The van der Waals surface area contributed by atoms with Gasteiger partial charge in [-0.2, -0.15) is 11.8 Å². The van der Waals surface area contributed by atoms with E-state index in [-0.39, 0.29) is 22.3 Å². The van der Waals surface area contributed by atoms with Crippen molar-refractivity contribution in [2.75, 3.05) is 24.0 Å². The molecule has 18 heavy (non-hydrogen) atoms.